The Hall–Kier alpha value is -3.64. The summed E-state index contributed by atoms with van der Waals surface area (Å²) >= 11 is 0. The zero-order chi connectivity index (χ0) is 22.6. The first-order valence-corrected chi connectivity index (χ1v) is 10.00. The van der Waals surface area contributed by atoms with Gasteiger partial charge in [-0.25, -0.2) is 24.5 Å². The van der Waals surface area contributed by atoms with Crippen LogP contribution in [0.1, 0.15) is 32.1 Å². The van der Waals surface area contributed by atoms with Crippen LogP contribution in [0, 0.1) is 5.41 Å². The molecule has 1 atom stereocenters. The molecule has 0 saturated heterocycles. The van der Waals surface area contributed by atoms with Gasteiger partial charge in [0, 0.05) is 20.1 Å². The molecule has 13 heteroatoms. The predicted molar refractivity (Wildman–Crippen MR) is 114 cm³/mol. The Labute approximate surface area is 179 Å². The van der Waals surface area contributed by atoms with Crippen molar-refractivity contribution in [1.29, 1.82) is 5.41 Å². The molecule has 0 saturated carbocycles. The van der Waals surface area contributed by atoms with Crippen molar-refractivity contribution in [2.75, 3.05) is 25.5 Å². The second-order valence-electron chi connectivity index (χ2n) is 6.80. The molecule has 0 bridgehead atoms. The fraction of sp³-hybridized carbons (Fsp3) is 0.556. The number of hydrogen-bond donors (Lipinski definition) is 6. The maximum absolute atomic E-state index is 11.8. The number of ether oxygens (including phenoxy) is 1. The van der Waals surface area contributed by atoms with E-state index in [1.165, 1.54) is 6.33 Å². The normalized spacial score (nSPS) is 11.6. The lowest BCUT2D eigenvalue weighted by molar-refractivity contribution is -0.139. The molecule has 0 aliphatic carbocycles. The SMILES string of the molecule is CNc1ncnc2c1ncn2CCCCCOC(=O)N[C@H](CCCNC(=N)N)C(=O)O. The molecule has 1 amide bonds. The number of alkyl carbamates (subject to hydrolysis) is 1. The van der Waals surface area contributed by atoms with Crippen molar-refractivity contribution in [2.45, 2.75) is 44.7 Å². The number of carboxylic acids is 1. The van der Waals surface area contributed by atoms with Crippen molar-refractivity contribution in [3.8, 4) is 0 Å². The summed E-state index contributed by atoms with van der Waals surface area (Å²) in [6, 6.07) is -1.06. The molecule has 0 aliphatic rings. The van der Waals surface area contributed by atoms with Crippen molar-refractivity contribution in [1.82, 2.24) is 30.2 Å². The van der Waals surface area contributed by atoms with Crippen LogP contribution in [-0.2, 0) is 16.1 Å². The fourth-order valence-electron chi connectivity index (χ4n) is 2.92. The molecule has 13 nitrogen and oxygen atoms in total. The number of amides is 1. The summed E-state index contributed by atoms with van der Waals surface area (Å²) in [4.78, 5) is 35.8. The monoisotopic (exact) mass is 435 g/mol. The molecule has 170 valence electrons. The number of carbonyl (C=O) groups is 2. The quantitative estimate of drug-likeness (QED) is 0.146. The first-order chi connectivity index (χ1) is 14.9. The number of nitrogens with two attached hydrogens (primary N) is 1. The van der Waals surface area contributed by atoms with Gasteiger partial charge in [0.05, 0.1) is 12.9 Å². The van der Waals surface area contributed by atoms with Gasteiger partial charge in [0.2, 0.25) is 0 Å². The minimum atomic E-state index is -1.14. The molecule has 0 radical (unpaired) electrons. The number of rotatable bonds is 13. The maximum atomic E-state index is 11.8. The number of hydrogen-bond acceptors (Lipinski definition) is 8. The van der Waals surface area contributed by atoms with Gasteiger partial charge >= 0.3 is 12.1 Å². The van der Waals surface area contributed by atoms with Gasteiger partial charge in [0.1, 0.15) is 17.9 Å². The van der Waals surface area contributed by atoms with Crippen molar-refractivity contribution >= 4 is 35.0 Å². The van der Waals surface area contributed by atoms with Crippen LogP contribution in [0.3, 0.4) is 0 Å². The van der Waals surface area contributed by atoms with E-state index in [1.54, 1.807) is 13.4 Å². The van der Waals surface area contributed by atoms with Gasteiger partial charge in [-0.2, -0.15) is 0 Å². The number of aryl methyl sites for hydroxylation is 1. The van der Waals surface area contributed by atoms with Crippen molar-refractivity contribution in [2.24, 2.45) is 5.73 Å². The summed E-state index contributed by atoms with van der Waals surface area (Å²) in [5.41, 5.74) is 6.63. The Morgan fingerprint density at radius 2 is 2.06 bits per heavy atom. The van der Waals surface area contributed by atoms with Gasteiger partial charge in [0.25, 0.3) is 0 Å². The molecule has 0 unspecified atom stereocenters. The topological polar surface area (TPSA) is 193 Å². The van der Waals surface area contributed by atoms with E-state index in [9.17, 15) is 14.7 Å². The number of fused-ring (bicyclic) bond motifs is 1. The number of nitrogens with zero attached hydrogens (tertiary/aromatic N) is 4. The Morgan fingerprint density at radius 1 is 1.26 bits per heavy atom. The highest BCUT2D eigenvalue weighted by Gasteiger charge is 2.20. The highest BCUT2D eigenvalue weighted by Crippen LogP contribution is 2.17. The zero-order valence-corrected chi connectivity index (χ0v) is 17.4. The summed E-state index contributed by atoms with van der Waals surface area (Å²) in [5.74, 6) is -0.646. The molecular weight excluding hydrogens is 406 g/mol. The highest BCUT2D eigenvalue weighted by molar-refractivity contribution is 5.82. The standard InChI is InChI=1S/C18H29N9O4/c1-21-14-13-15(24-10-23-14)27(11-25-13)8-3-2-4-9-31-18(30)26-12(16(28)29)6-5-7-22-17(19)20/h10-12H,2-9H2,1H3,(H,26,30)(H,28,29)(H4,19,20,22)(H,21,23,24)/t12-/m1/s1. The fourth-order valence-corrected chi connectivity index (χ4v) is 2.92. The molecule has 7 N–H and O–H groups in total. The largest absolute Gasteiger partial charge is 0.480 e. The van der Waals surface area contributed by atoms with E-state index in [2.05, 4.69) is 30.9 Å². The van der Waals surface area contributed by atoms with Crippen LogP contribution in [0.2, 0.25) is 0 Å². The second kappa shape index (κ2) is 12.1. The molecule has 2 rings (SSSR count). The van der Waals surface area contributed by atoms with Gasteiger partial charge in [0.15, 0.2) is 17.4 Å². The van der Waals surface area contributed by atoms with E-state index in [0.29, 0.717) is 25.2 Å². The summed E-state index contributed by atoms with van der Waals surface area (Å²) < 4.78 is 7.02. The van der Waals surface area contributed by atoms with E-state index < -0.39 is 18.1 Å². The lowest BCUT2D eigenvalue weighted by atomic mass is 10.1. The smallest absolute Gasteiger partial charge is 0.407 e. The molecule has 31 heavy (non-hydrogen) atoms. The number of aliphatic carboxylic acids is 1. The summed E-state index contributed by atoms with van der Waals surface area (Å²) in [5, 5.41) is 24.1. The van der Waals surface area contributed by atoms with Gasteiger partial charge in [-0.15, -0.1) is 0 Å². The van der Waals surface area contributed by atoms with E-state index in [1.807, 2.05) is 4.57 Å². The number of anilines is 1. The highest BCUT2D eigenvalue weighted by atomic mass is 16.5. The average molecular weight is 435 g/mol. The minimum Gasteiger partial charge on any atom is -0.480 e. The maximum Gasteiger partial charge on any atom is 0.407 e. The number of imidazole rings is 1. The Morgan fingerprint density at radius 3 is 2.77 bits per heavy atom. The van der Waals surface area contributed by atoms with Crippen LogP contribution in [0.4, 0.5) is 10.6 Å². The van der Waals surface area contributed by atoms with E-state index in [0.717, 1.165) is 30.6 Å². The van der Waals surface area contributed by atoms with Gasteiger partial charge in [-0.3, -0.25) is 5.41 Å². The summed E-state index contributed by atoms with van der Waals surface area (Å²) in [6.07, 6.45) is 5.39. The number of carbonyl (C=O) groups excluding carboxylic acids is 1. The first-order valence-electron chi connectivity index (χ1n) is 10.00. The second-order valence-corrected chi connectivity index (χ2v) is 6.80. The van der Waals surface area contributed by atoms with Crippen molar-refractivity contribution in [3.63, 3.8) is 0 Å². The van der Waals surface area contributed by atoms with Crippen LogP contribution in [0.25, 0.3) is 11.2 Å². The Bertz CT molecular complexity index is 886. The average Bonchev–Trinajstić information content (AvgIpc) is 3.15. The third-order valence-electron chi connectivity index (χ3n) is 4.49. The molecule has 0 spiro atoms. The van der Waals surface area contributed by atoms with Crippen molar-refractivity contribution in [3.05, 3.63) is 12.7 Å². The molecule has 0 aromatic carbocycles. The van der Waals surface area contributed by atoms with E-state index in [4.69, 9.17) is 15.9 Å². The van der Waals surface area contributed by atoms with Gasteiger partial charge < -0.3 is 36.1 Å². The lowest BCUT2D eigenvalue weighted by Crippen LogP contribution is -2.42. The third-order valence-corrected chi connectivity index (χ3v) is 4.49. The van der Waals surface area contributed by atoms with Crippen LogP contribution in [0.15, 0.2) is 12.7 Å². The van der Waals surface area contributed by atoms with Crippen LogP contribution in [0.5, 0.6) is 0 Å². The minimum absolute atomic E-state index is 0.184. The molecule has 2 aromatic rings. The Balaban J connectivity index is 1.64. The van der Waals surface area contributed by atoms with Crippen LogP contribution in [-0.4, -0.2) is 68.9 Å². The van der Waals surface area contributed by atoms with Crippen LogP contribution < -0.4 is 21.7 Å². The predicted octanol–water partition coefficient (Wildman–Crippen LogP) is 0.481. The number of nitrogens with one attached hydrogen (secondary N) is 4. The summed E-state index contributed by atoms with van der Waals surface area (Å²) in [7, 11) is 1.78. The number of aromatic nitrogens is 4. The van der Waals surface area contributed by atoms with Crippen molar-refractivity contribution < 1.29 is 19.4 Å². The summed E-state index contributed by atoms with van der Waals surface area (Å²) in [6.45, 7) is 1.27. The van der Waals surface area contributed by atoms with Crippen LogP contribution >= 0.6 is 0 Å². The third kappa shape index (κ3) is 7.60. The Kier molecular flexibility index (Phi) is 9.26. The van der Waals surface area contributed by atoms with E-state index in [-0.39, 0.29) is 19.0 Å². The van der Waals surface area contributed by atoms with E-state index >= 15 is 0 Å². The number of unbranched alkanes of at least 4 members (excludes halogenated alkanes) is 2. The zero-order valence-electron chi connectivity index (χ0n) is 17.4. The molecular formula is C18H29N9O4. The first kappa shape index (κ1) is 23.6. The molecule has 2 heterocycles. The lowest BCUT2D eigenvalue weighted by Gasteiger charge is -2.14. The molecule has 0 aliphatic heterocycles. The number of carboxylic acid groups (broad SMARTS) is 1. The molecule has 0 fully saturated rings. The van der Waals surface area contributed by atoms with Gasteiger partial charge in [-0.1, -0.05) is 0 Å². The number of guanidine groups is 1. The molecule has 2 aromatic heterocycles. The van der Waals surface area contributed by atoms with Gasteiger partial charge in [-0.05, 0) is 32.1 Å².